The maximum atomic E-state index is 5.69. The fraction of sp³-hybridized carbons (Fsp3) is 0.571. The highest BCUT2D eigenvalue weighted by Gasteiger charge is 2.09. The number of ether oxygens (including phenoxy) is 1. The van der Waals surface area contributed by atoms with E-state index in [0.29, 0.717) is 0 Å². The molecule has 84 valence electrons. The van der Waals surface area contributed by atoms with E-state index < -0.39 is 0 Å². The second kappa shape index (κ2) is 5.32. The summed E-state index contributed by atoms with van der Waals surface area (Å²) in [5.74, 6) is 0. The van der Waals surface area contributed by atoms with Crippen LogP contribution in [0.25, 0.3) is 0 Å². The van der Waals surface area contributed by atoms with Crippen LogP contribution >= 0.6 is 0 Å². The number of hydrogen-bond donors (Lipinski definition) is 0. The Bertz CT molecular complexity index is 279. The lowest BCUT2D eigenvalue weighted by Gasteiger charge is -2.19. The van der Waals surface area contributed by atoms with Gasteiger partial charge in [0.2, 0.25) is 0 Å². The molecule has 0 atom stereocenters. The summed E-state index contributed by atoms with van der Waals surface area (Å²) >= 11 is 0. The molecule has 0 saturated carbocycles. The summed E-state index contributed by atoms with van der Waals surface area (Å²) in [5, 5.41) is 0. The van der Waals surface area contributed by atoms with Crippen LogP contribution in [-0.4, -0.2) is 12.2 Å². The van der Waals surface area contributed by atoms with Crippen molar-refractivity contribution in [2.45, 2.75) is 46.1 Å². The molecule has 0 fully saturated rings. The largest absolute Gasteiger partial charge is 0.376 e. The van der Waals surface area contributed by atoms with Gasteiger partial charge in [0, 0.05) is 0 Å². The monoisotopic (exact) mass is 206 g/mol. The van der Waals surface area contributed by atoms with E-state index in [1.165, 1.54) is 11.1 Å². The van der Waals surface area contributed by atoms with E-state index in [0.717, 1.165) is 19.4 Å². The zero-order valence-electron chi connectivity index (χ0n) is 10.3. The molecule has 0 saturated heterocycles. The van der Waals surface area contributed by atoms with Crippen LogP contribution in [0.1, 0.15) is 38.8 Å². The highest BCUT2D eigenvalue weighted by molar-refractivity contribution is 5.22. The maximum absolute atomic E-state index is 5.69. The maximum Gasteiger partial charge on any atom is 0.0598 e. The molecule has 1 heteroatoms. The smallest absolute Gasteiger partial charge is 0.0598 e. The molecule has 15 heavy (non-hydrogen) atoms. The first-order valence-corrected chi connectivity index (χ1v) is 5.73. The van der Waals surface area contributed by atoms with Crippen LogP contribution in [0, 0.1) is 0 Å². The third-order valence-corrected chi connectivity index (χ3v) is 2.36. The minimum Gasteiger partial charge on any atom is -0.376 e. The van der Waals surface area contributed by atoms with Crippen molar-refractivity contribution in [3.05, 3.63) is 35.4 Å². The van der Waals surface area contributed by atoms with E-state index in [1.54, 1.807) is 0 Å². The lowest BCUT2D eigenvalue weighted by atomic mass is 10.1. The van der Waals surface area contributed by atoms with E-state index >= 15 is 0 Å². The van der Waals surface area contributed by atoms with Crippen molar-refractivity contribution in [1.29, 1.82) is 0 Å². The Morgan fingerprint density at radius 3 is 2.00 bits per heavy atom. The van der Waals surface area contributed by atoms with Crippen LogP contribution in [0.5, 0.6) is 0 Å². The van der Waals surface area contributed by atoms with Crippen LogP contribution in [0.4, 0.5) is 0 Å². The second-order valence-electron chi connectivity index (χ2n) is 4.88. The number of benzene rings is 1. The first kappa shape index (κ1) is 12.3. The third kappa shape index (κ3) is 4.98. The number of hydrogen-bond acceptors (Lipinski definition) is 1. The molecule has 1 nitrogen and oxygen atoms in total. The summed E-state index contributed by atoms with van der Waals surface area (Å²) in [6.07, 6.45) is 2.11. The summed E-state index contributed by atoms with van der Waals surface area (Å²) in [5.41, 5.74) is 2.73. The van der Waals surface area contributed by atoms with Crippen molar-refractivity contribution < 1.29 is 4.74 Å². The summed E-state index contributed by atoms with van der Waals surface area (Å²) in [6.45, 7) is 9.25. The predicted molar refractivity (Wildman–Crippen MR) is 65.2 cm³/mol. The fourth-order valence-electron chi connectivity index (χ4n) is 1.42. The minimum absolute atomic E-state index is 0.0244. The highest BCUT2D eigenvalue weighted by atomic mass is 16.5. The minimum atomic E-state index is -0.0244. The van der Waals surface area contributed by atoms with Gasteiger partial charge in [-0.1, -0.05) is 31.2 Å². The van der Waals surface area contributed by atoms with Crippen molar-refractivity contribution >= 4 is 0 Å². The van der Waals surface area contributed by atoms with Crippen molar-refractivity contribution in [3.8, 4) is 0 Å². The van der Waals surface area contributed by atoms with Gasteiger partial charge in [-0.15, -0.1) is 0 Å². The highest BCUT2D eigenvalue weighted by Crippen LogP contribution is 2.10. The molecule has 0 radical (unpaired) electrons. The molecule has 0 N–H and O–H groups in total. The molecule has 0 amide bonds. The molecule has 1 aromatic rings. The van der Waals surface area contributed by atoms with Gasteiger partial charge in [0.25, 0.3) is 0 Å². The molecular formula is C14H22O. The van der Waals surface area contributed by atoms with E-state index in [1.807, 2.05) is 0 Å². The second-order valence-corrected chi connectivity index (χ2v) is 4.88. The first-order chi connectivity index (χ1) is 7.01. The van der Waals surface area contributed by atoms with E-state index in [-0.39, 0.29) is 5.60 Å². The molecule has 0 unspecified atom stereocenters. The SMILES string of the molecule is CCc1ccc(CCOC(C)(C)C)cc1. The van der Waals surface area contributed by atoms with Gasteiger partial charge < -0.3 is 4.74 Å². The molecule has 1 rings (SSSR count). The van der Waals surface area contributed by atoms with Crippen molar-refractivity contribution in [2.24, 2.45) is 0 Å². The van der Waals surface area contributed by atoms with Gasteiger partial charge in [-0.05, 0) is 44.7 Å². The molecule has 0 aliphatic carbocycles. The van der Waals surface area contributed by atoms with Gasteiger partial charge in [0.1, 0.15) is 0 Å². The Labute approximate surface area is 93.5 Å². The third-order valence-electron chi connectivity index (χ3n) is 2.36. The molecule has 0 aliphatic heterocycles. The van der Waals surface area contributed by atoms with Crippen molar-refractivity contribution in [3.63, 3.8) is 0 Å². The summed E-state index contributed by atoms with van der Waals surface area (Å²) in [6, 6.07) is 8.80. The Kier molecular flexibility index (Phi) is 4.34. The molecule has 0 bridgehead atoms. The van der Waals surface area contributed by atoms with Gasteiger partial charge in [-0.2, -0.15) is 0 Å². The Morgan fingerprint density at radius 1 is 1.00 bits per heavy atom. The topological polar surface area (TPSA) is 9.23 Å². The lowest BCUT2D eigenvalue weighted by molar-refractivity contribution is -0.000977. The first-order valence-electron chi connectivity index (χ1n) is 5.73. The van der Waals surface area contributed by atoms with Gasteiger partial charge in [-0.25, -0.2) is 0 Å². The fourth-order valence-corrected chi connectivity index (χ4v) is 1.42. The van der Waals surface area contributed by atoms with Gasteiger partial charge in [-0.3, -0.25) is 0 Å². The summed E-state index contributed by atoms with van der Waals surface area (Å²) in [4.78, 5) is 0. The molecule has 0 spiro atoms. The van der Waals surface area contributed by atoms with Gasteiger partial charge in [0.05, 0.1) is 12.2 Å². The van der Waals surface area contributed by atoms with Crippen LogP contribution in [-0.2, 0) is 17.6 Å². The summed E-state index contributed by atoms with van der Waals surface area (Å²) < 4.78 is 5.69. The summed E-state index contributed by atoms with van der Waals surface area (Å²) in [7, 11) is 0. The zero-order valence-corrected chi connectivity index (χ0v) is 10.3. The quantitative estimate of drug-likeness (QED) is 0.731. The number of rotatable bonds is 4. The van der Waals surface area contributed by atoms with Crippen LogP contribution in [0.2, 0.25) is 0 Å². The van der Waals surface area contributed by atoms with E-state index in [4.69, 9.17) is 4.74 Å². The van der Waals surface area contributed by atoms with Gasteiger partial charge in [0.15, 0.2) is 0 Å². The van der Waals surface area contributed by atoms with Gasteiger partial charge >= 0.3 is 0 Å². The Morgan fingerprint density at radius 2 is 1.53 bits per heavy atom. The van der Waals surface area contributed by atoms with Crippen LogP contribution in [0.15, 0.2) is 24.3 Å². The molecule has 1 aromatic carbocycles. The molecule has 0 heterocycles. The van der Waals surface area contributed by atoms with Crippen LogP contribution in [0.3, 0.4) is 0 Å². The predicted octanol–water partition coefficient (Wildman–Crippen LogP) is 3.61. The molecule has 0 aliphatic rings. The average Bonchev–Trinajstić information content (AvgIpc) is 2.17. The van der Waals surface area contributed by atoms with Crippen molar-refractivity contribution in [1.82, 2.24) is 0 Å². The average molecular weight is 206 g/mol. The molecule has 0 aromatic heterocycles. The zero-order chi connectivity index (χ0) is 11.3. The standard InChI is InChI=1S/C14H22O/c1-5-12-6-8-13(9-7-12)10-11-15-14(2,3)4/h6-9H,5,10-11H2,1-4H3. The van der Waals surface area contributed by atoms with Crippen molar-refractivity contribution in [2.75, 3.05) is 6.61 Å². The Balaban J connectivity index is 2.38. The van der Waals surface area contributed by atoms with E-state index in [9.17, 15) is 0 Å². The normalized spacial score (nSPS) is 11.7. The lowest BCUT2D eigenvalue weighted by Crippen LogP contribution is -2.20. The van der Waals surface area contributed by atoms with Crippen LogP contribution < -0.4 is 0 Å². The number of aryl methyl sites for hydroxylation is 1. The van der Waals surface area contributed by atoms with E-state index in [2.05, 4.69) is 52.0 Å². The molecular weight excluding hydrogens is 184 g/mol. The Hall–Kier alpha value is -0.820.